The highest BCUT2D eigenvalue weighted by atomic mass is 35.5. The Morgan fingerprint density at radius 2 is 1.24 bits per heavy atom. The monoisotopic (exact) mass is 418 g/mol. The van der Waals surface area contributed by atoms with Crippen molar-refractivity contribution >= 4 is 23.4 Å². The molecule has 3 aliphatic carbocycles. The second kappa shape index (κ2) is 7.55. The molecule has 0 heterocycles. The van der Waals surface area contributed by atoms with Crippen LogP contribution in [0.5, 0.6) is 11.5 Å². The minimum Gasteiger partial charge on any atom is -0.484 e. The largest absolute Gasteiger partial charge is 0.484 e. The number of carbonyl (C=O) groups is 2. The van der Waals surface area contributed by atoms with Crippen molar-refractivity contribution in [3.63, 3.8) is 0 Å². The van der Waals surface area contributed by atoms with Crippen LogP contribution in [0.2, 0.25) is 5.02 Å². The van der Waals surface area contributed by atoms with Gasteiger partial charge in [0.2, 0.25) is 0 Å². The molecule has 2 aromatic carbocycles. The van der Waals surface area contributed by atoms with Gasteiger partial charge >= 0.3 is 0 Å². The van der Waals surface area contributed by atoms with Crippen LogP contribution < -0.4 is 20.1 Å². The molecular weight excluding hydrogens is 399 g/mol. The summed E-state index contributed by atoms with van der Waals surface area (Å²) in [5.74, 6) is 0.219. The Hall–Kier alpha value is -2.80. The van der Waals surface area contributed by atoms with Crippen molar-refractivity contribution in [3.05, 3.63) is 59.4 Å². The van der Waals surface area contributed by atoms with Crippen LogP contribution in [0.4, 0.5) is 4.39 Å². The molecule has 0 unspecified atom stereocenters. The van der Waals surface area contributed by atoms with E-state index in [9.17, 15) is 14.0 Å². The van der Waals surface area contributed by atoms with Crippen molar-refractivity contribution in [2.45, 2.75) is 30.3 Å². The molecule has 2 aromatic rings. The summed E-state index contributed by atoms with van der Waals surface area (Å²) >= 11 is 5.81. The second-order valence-electron chi connectivity index (χ2n) is 7.67. The number of hydrogen-bond acceptors (Lipinski definition) is 4. The average Bonchev–Trinajstić information content (AvgIpc) is 2.64. The highest BCUT2D eigenvalue weighted by Gasteiger charge is 2.69. The first-order valence-electron chi connectivity index (χ1n) is 9.24. The zero-order valence-corrected chi connectivity index (χ0v) is 16.3. The van der Waals surface area contributed by atoms with E-state index in [-0.39, 0.29) is 41.9 Å². The Morgan fingerprint density at radius 3 is 1.69 bits per heavy atom. The molecule has 2 bridgehead atoms. The van der Waals surface area contributed by atoms with E-state index < -0.39 is 0 Å². The summed E-state index contributed by atoms with van der Waals surface area (Å²) in [6.45, 7) is -0.212. The van der Waals surface area contributed by atoms with Gasteiger partial charge in [-0.1, -0.05) is 11.6 Å². The Labute approximate surface area is 172 Å². The summed E-state index contributed by atoms with van der Waals surface area (Å²) < 4.78 is 23.7. The molecule has 3 aliphatic rings. The molecule has 8 heteroatoms. The number of hydrogen-bond donors (Lipinski definition) is 2. The molecule has 152 valence electrons. The fourth-order valence-electron chi connectivity index (χ4n) is 4.08. The summed E-state index contributed by atoms with van der Waals surface area (Å²) in [6.07, 6.45) is 2.07. The SMILES string of the molecule is O=C(COc1ccc(F)cc1)NC12CC(NC(=O)COc3ccc(Cl)cc3)(C1)C2. The van der Waals surface area contributed by atoms with Gasteiger partial charge in [0, 0.05) is 16.1 Å². The molecule has 5 rings (SSSR count). The van der Waals surface area contributed by atoms with Crippen LogP contribution >= 0.6 is 11.6 Å². The van der Waals surface area contributed by atoms with Crippen LogP contribution in [0.3, 0.4) is 0 Å². The van der Waals surface area contributed by atoms with Gasteiger partial charge in [-0.2, -0.15) is 0 Å². The Morgan fingerprint density at radius 1 is 0.828 bits per heavy atom. The van der Waals surface area contributed by atoms with Crippen LogP contribution in [-0.4, -0.2) is 36.1 Å². The topological polar surface area (TPSA) is 76.7 Å². The van der Waals surface area contributed by atoms with E-state index in [4.69, 9.17) is 21.1 Å². The van der Waals surface area contributed by atoms with Gasteiger partial charge in [-0.3, -0.25) is 9.59 Å². The number of halogens is 2. The standard InChI is InChI=1S/C21H20ClFN2O4/c22-14-1-5-16(6-2-14)28-9-18(26)24-20-11-21(12-20,13-20)25-19(27)10-29-17-7-3-15(23)4-8-17/h1-8H,9-13H2,(H,24,26)(H,25,27). The normalized spacial score (nSPS) is 23.9. The van der Waals surface area contributed by atoms with E-state index in [0.717, 1.165) is 0 Å². The van der Waals surface area contributed by atoms with Crippen LogP contribution in [0.25, 0.3) is 0 Å². The minimum absolute atomic E-state index is 0.0751. The van der Waals surface area contributed by atoms with E-state index in [1.807, 2.05) is 0 Å². The second-order valence-corrected chi connectivity index (χ2v) is 8.11. The van der Waals surface area contributed by atoms with Crippen molar-refractivity contribution in [3.8, 4) is 11.5 Å². The van der Waals surface area contributed by atoms with Gasteiger partial charge in [0.15, 0.2) is 13.2 Å². The van der Waals surface area contributed by atoms with Crippen molar-refractivity contribution in [1.82, 2.24) is 10.6 Å². The zero-order chi connectivity index (χ0) is 20.5. The van der Waals surface area contributed by atoms with Crippen LogP contribution in [0, 0.1) is 5.82 Å². The quantitative estimate of drug-likeness (QED) is 0.691. The highest BCUT2D eigenvalue weighted by molar-refractivity contribution is 6.30. The summed E-state index contributed by atoms with van der Waals surface area (Å²) in [4.78, 5) is 24.2. The predicted molar refractivity (Wildman–Crippen MR) is 104 cm³/mol. The zero-order valence-electron chi connectivity index (χ0n) is 15.5. The lowest BCUT2D eigenvalue weighted by Crippen LogP contribution is -2.84. The molecule has 0 radical (unpaired) electrons. The molecule has 2 amide bonds. The Kier molecular flexibility index (Phi) is 5.08. The lowest BCUT2D eigenvalue weighted by Gasteiger charge is -2.70. The lowest BCUT2D eigenvalue weighted by atomic mass is 9.44. The molecule has 0 aromatic heterocycles. The van der Waals surface area contributed by atoms with Crippen molar-refractivity contribution in [2.75, 3.05) is 13.2 Å². The van der Waals surface area contributed by atoms with Crippen molar-refractivity contribution < 1.29 is 23.5 Å². The molecule has 0 saturated heterocycles. The molecule has 3 fully saturated rings. The third-order valence-corrected chi connectivity index (χ3v) is 5.46. The summed E-state index contributed by atoms with van der Waals surface area (Å²) in [5, 5.41) is 6.56. The molecular formula is C21H20ClFN2O4. The first-order valence-corrected chi connectivity index (χ1v) is 9.62. The predicted octanol–water partition coefficient (Wildman–Crippen LogP) is 2.84. The molecule has 2 N–H and O–H groups in total. The summed E-state index contributed by atoms with van der Waals surface area (Å²) in [7, 11) is 0. The van der Waals surface area contributed by atoms with E-state index in [0.29, 0.717) is 35.8 Å². The van der Waals surface area contributed by atoms with Crippen molar-refractivity contribution in [1.29, 1.82) is 0 Å². The van der Waals surface area contributed by atoms with Crippen LogP contribution in [-0.2, 0) is 9.59 Å². The van der Waals surface area contributed by atoms with E-state index >= 15 is 0 Å². The van der Waals surface area contributed by atoms with Gasteiger partial charge in [-0.25, -0.2) is 4.39 Å². The number of amides is 2. The maximum absolute atomic E-state index is 12.9. The number of carbonyl (C=O) groups excluding carboxylic acids is 2. The maximum atomic E-state index is 12.9. The summed E-state index contributed by atoms with van der Waals surface area (Å²) in [5.41, 5.74) is -0.529. The fourth-order valence-corrected chi connectivity index (χ4v) is 4.20. The van der Waals surface area contributed by atoms with E-state index in [2.05, 4.69) is 10.6 Å². The molecule has 3 saturated carbocycles. The first-order chi connectivity index (χ1) is 13.9. The third-order valence-electron chi connectivity index (χ3n) is 5.21. The number of nitrogens with one attached hydrogen (secondary N) is 2. The minimum atomic E-state index is -0.360. The van der Waals surface area contributed by atoms with Gasteiger partial charge in [-0.15, -0.1) is 0 Å². The maximum Gasteiger partial charge on any atom is 0.258 e. The number of rotatable bonds is 8. The van der Waals surface area contributed by atoms with Gasteiger partial charge in [0.05, 0.1) is 0 Å². The van der Waals surface area contributed by atoms with E-state index in [1.54, 1.807) is 24.3 Å². The van der Waals surface area contributed by atoms with Gasteiger partial charge in [0.25, 0.3) is 11.8 Å². The molecule has 0 atom stereocenters. The molecule has 6 nitrogen and oxygen atoms in total. The lowest BCUT2D eigenvalue weighted by molar-refractivity contribution is -0.151. The fraction of sp³-hybridized carbons (Fsp3) is 0.333. The average molecular weight is 419 g/mol. The Balaban J connectivity index is 1.16. The molecule has 0 spiro atoms. The van der Waals surface area contributed by atoms with Gasteiger partial charge in [0.1, 0.15) is 17.3 Å². The Bertz CT molecular complexity index is 824. The smallest absolute Gasteiger partial charge is 0.258 e. The van der Waals surface area contributed by atoms with E-state index in [1.165, 1.54) is 24.3 Å². The van der Waals surface area contributed by atoms with Crippen LogP contribution in [0.15, 0.2) is 48.5 Å². The first kappa shape index (κ1) is 19.5. The van der Waals surface area contributed by atoms with Gasteiger partial charge < -0.3 is 20.1 Å². The molecule has 0 aliphatic heterocycles. The summed E-state index contributed by atoms with van der Waals surface area (Å²) in [6, 6.07) is 12.3. The highest BCUT2D eigenvalue weighted by Crippen LogP contribution is 2.60. The van der Waals surface area contributed by atoms with Gasteiger partial charge in [-0.05, 0) is 67.8 Å². The van der Waals surface area contributed by atoms with Crippen molar-refractivity contribution in [2.24, 2.45) is 0 Å². The number of benzene rings is 2. The third kappa shape index (κ3) is 4.45. The molecule has 29 heavy (non-hydrogen) atoms. The number of ether oxygens (including phenoxy) is 2. The van der Waals surface area contributed by atoms with Crippen LogP contribution in [0.1, 0.15) is 19.3 Å².